The zero-order chi connectivity index (χ0) is 19.3. The summed E-state index contributed by atoms with van der Waals surface area (Å²) in [5.74, 6) is 0.456. The number of aromatic nitrogens is 1. The molecule has 0 aliphatic heterocycles. The van der Waals surface area contributed by atoms with Crippen LogP contribution in [0, 0.1) is 0 Å². The number of methoxy groups -OCH3 is 2. The first-order valence-electron chi connectivity index (χ1n) is 7.50. The van der Waals surface area contributed by atoms with E-state index in [1.165, 1.54) is 14.2 Å². The number of rotatable bonds is 6. The summed E-state index contributed by atoms with van der Waals surface area (Å²) in [5, 5.41) is 2.54. The van der Waals surface area contributed by atoms with Gasteiger partial charge in [0.15, 0.2) is 0 Å². The number of nitrogens with zero attached hydrogens (tertiary/aromatic N) is 1. The molecule has 0 aliphatic rings. The molecular formula is C17H17F3N2O4. The summed E-state index contributed by atoms with van der Waals surface area (Å²) in [6, 6.07) is 6.76. The van der Waals surface area contributed by atoms with Crippen LogP contribution in [0.3, 0.4) is 0 Å². The molecule has 1 amide bonds. The molecule has 0 spiro atoms. The van der Waals surface area contributed by atoms with Crippen LogP contribution in [0.25, 0.3) is 0 Å². The minimum absolute atomic E-state index is 0.0830. The molecule has 0 saturated carbocycles. The molecule has 1 heterocycles. The molecule has 0 atom stereocenters. The van der Waals surface area contributed by atoms with Crippen LogP contribution >= 0.6 is 0 Å². The van der Waals surface area contributed by atoms with Crippen LogP contribution in [-0.4, -0.2) is 24.7 Å². The van der Waals surface area contributed by atoms with E-state index in [-0.39, 0.29) is 6.54 Å². The molecule has 0 unspecified atom stereocenters. The molecule has 2 rings (SSSR count). The van der Waals surface area contributed by atoms with Crippen molar-refractivity contribution < 1.29 is 27.4 Å². The van der Waals surface area contributed by atoms with Crippen molar-refractivity contribution in [2.24, 2.45) is 0 Å². The van der Waals surface area contributed by atoms with Gasteiger partial charge in [0.2, 0.25) is 5.91 Å². The standard InChI is InChI=1S/C17H17F3N2O4/c1-25-12-6-5-11(14(8-12)26-2)9-21-15(23)10-22-7-3-4-13(16(22)24)17(18,19)20/h3-8H,9-10H2,1-2H3,(H,21,23). The Kier molecular flexibility index (Phi) is 5.91. The first-order valence-corrected chi connectivity index (χ1v) is 7.50. The number of pyridine rings is 1. The van der Waals surface area contributed by atoms with Crippen LogP contribution in [-0.2, 0) is 24.1 Å². The van der Waals surface area contributed by atoms with Crippen LogP contribution in [0.2, 0.25) is 0 Å². The lowest BCUT2D eigenvalue weighted by Crippen LogP contribution is -2.34. The number of hydrogen-bond donors (Lipinski definition) is 1. The summed E-state index contributed by atoms with van der Waals surface area (Å²) in [6.07, 6.45) is -3.64. The Morgan fingerprint density at radius 2 is 1.92 bits per heavy atom. The topological polar surface area (TPSA) is 69.6 Å². The third-order valence-electron chi connectivity index (χ3n) is 3.61. The lowest BCUT2D eigenvalue weighted by atomic mass is 10.2. The van der Waals surface area contributed by atoms with Crippen molar-refractivity contribution in [3.05, 3.63) is 58.0 Å². The molecule has 2 aromatic rings. The van der Waals surface area contributed by atoms with E-state index in [1.54, 1.807) is 18.2 Å². The molecule has 9 heteroatoms. The van der Waals surface area contributed by atoms with Gasteiger partial charge in [0.05, 0.1) is 14.2 Å². The fourth-order valence-electron chi connectivity index (χ4n) is 2.28. The van der Waals surface area contributed by atoms with Crippen LogP contribution in [0.15, 0.2) is 41.3 Å². The van der Waals surface area contributed by atoms with Gasteiger partial charge in [-0.1, -0.05) is 0 Å². The fraction of sp³-hybridized carbons (Fsp3) is 0.294. The maximum absolute atomic E-state index is 12.7. The minimum Gasteiger partial charge on any atom is -0.497 e. The highest BCUT2D eigenvalue weighted by molar-refractivity contribution is 5.75. The quantitative estimate of drug-likeness (QED) is 0.847. The number of carbonyl (C=O) groups is 1. The lowest BCUT2D eigenvalue weighted by Gasteiger charge is -2.13. The smallest absolute Gasteiger partial charge is 0.421 e. The van der Waals surface area contributed by atoms with Gasteiger partial charge in [0, 0.05) is 24.4 Å². The van der Waals surface area contributed by atoms with Crippen molar-refractivity contribution in [3.63, 3.8) is 0 Å². The van der Waals surface area contributed by atoms with E-state index >= 15 is 0 Å². The number of amides is 1. The lowest BCUT2D eigenvalue weighted by molar-refractivity contribution is -0.139. The van der Waals surface area contributed by atoms with Crippen molar-refractivity contribution in [1.29, 1.82) is 0 Å². The van der Waals surface area contributed by atoms with Crippen molar-refractivity contribution in [3.8, 4) is 11.5 Å². The Labute approximate surface area is 147 Å². The van der Waals surface area contributed by atoms with Crippen LogP contribution in [0.4, 0.5) is 13.2 Å². The summed E-state index contributed by atoms with van der Waals surface area (Å²) in [4.78, 5) is 23.8. The average molecular weight is 370 g/mol. The Morgan fingerprint density at radius 3 is 2.54 bits per heavy atom. The number of hydrogen-bond acceptors (Lipinski definition) is 4. The summed E-state index contributed by atoms with van der Waals surface area (Å²) < 4.78 is 49.2. The number of nitrogens with one attached hydrogen (secondary N) is 1. The highest BCUT2D eigenvalue weighted by Crippen LogP contribution is 2.26. The Bertz CT molecular complexity index is 847. The third-order valence-corrected chi connectivity index (χ3v) is 3.61. The molecule has 1 aromatic carbocycles. The van der Waals surface area contributed by atoms with Crippen LogP contribution in [0.5, 0.6) is 11.5 Å². The van der Waals surface area contributed by atoms with E-state index < -0.39 is 29.8 Å². The first kappa shape index (κ1) is 19.4. The van der Waals surface area contributed by atoms with E-state index in [9.17, 15) is 22.8 Å². The number of halogens is 3. The maximum Gasteiger partial charge on any atom is 0.421 e. The second-order valence-electron chi connectivity index (χ2n) is 5.31. The third kappa shape index (κ3) is 4.56. The second kappa shape index (κ2) is 7.94. The first-order chi connectivity index (χ1) is 12.3. The van der Waals surface area contributed by atoms with Gasteiger partial charge in [-0.05, 0) is 24.3 Å². The van der Waals surface area contributed by atoms with E-state index in [1.807, 2.05) is 0 Å². The van der Waals surface area contributed by atoms with Crippen LogP contribution < -0.4 is 20.3 Å². The zero-order valence-corrected chi connectivity index (χ0v) is 14.1. The number of carbonyl (C=O) groups excluding carboxylic acids is 1. The maximum atomic E-state index is 12.7. The Hall–Kier alpha value is -2.97. The Balaban J connectivity index is 2.08. The summed E-state index contributed by atoms with van der Waals surface area (Å²) in [7, 11) is 2.96. The fourth-order valence-corrected chi connectivity index (χ4v) is 2.28. The summed E-state index contributed by atoms with van der Waals surface area (Å²) in [6.45, 7) is -0.444. The highest BCUT2D eigenvalue weighted by atomic mass is 19.4. The zero-order valence-electron chi connectivity index (χ0n) is 14.1. The van der Waals surface area contributed by atoms with Gasteiger partial charge in [-0.15, -0.1) is 0 Å². The molecule has 1 N–H and O–H groups in total. The molecule has 0 bridgehead atoms. The van der Waals surface area contributed by atoms with E-state index in [0.29, 0.717) is 27.7 Å². The van der Waals surface area contributed by atoms with Gasteiger partial charge < -0.3 is 19.4 Å². The predicted molar refractivity (Wildman–Crippen MR) is 87.1 cm³/mol. The molecule has 0 saturated heterocycles. The van der Waals surface area contributed by atoms with Gasteiger partial charge in [0.25, 0.3) is 5.56 Å². The number of alkyl halides is 3. The number of ether oxygens (including phenoxy) is 2. The van der Waals surface area contributed by atoms with Crippen molar-refractivity contribution >= 4 is 5.91 Å². The molecule has 26 heavy (non-hydrogen) atoms. The van der Waals surface area contributed by atoms with Crippen molar-refractivity contribution in [2.45, 2.75) is 19.3 Å². The highest BCUT2D eigenvalue weighted by Gasteiger charge is 2.34. The van der Waals surface area contributed by atoms with Crippen molar-refractivity contribution in [2.75, 3.05) is 14.2 Å². The van der Waals surface area contributed by atoms with Gasteiger partial charge >= 0.3 is 6.18 Å². The average Bonchev–Trinajstić information content (AvgIpc) is 2.60. The molecule has 0 aliphatic carbocycles. The van der Waals surface area contributed by atoms with Gasteiger partial charge in [0.1, 0.15) is 23.6 Å². The predicted octanol–water partition coefficient (Wildman–Crippen LogP) is 2.20. The van der Waals surface area contributed by atoms with E-state index in [0.717, 1.165) is 12.3 Å². The van der Waals surface area contributed by atoms with Gasteiger partial charge in [-0.2, -0.15) is 13.2 Å². The number of benzene rings is 1. The molecule has 0 fully saturated rings. The van der Waals surface area contributed by atoms with Gasteiger partial charge in [-0.25, -0.2) is 0 Å². The molecule has 6 nitrogen and oxygen atoms in total. The second-order valence-corrected chi connectivity index (χ2v) is 5.31. The van der Waals surface area contributed by atoms with E-state index in [2.05, 4.69) is 5.32 Å². The normalized spacial score (nSPS) is 11.1. The van der Waals surface area contributed by atoms with Gasteiger partial charge in [-0.3, -0.25) is 9.59 Å². The Morgan fingerprint density at radius 1 is 1.19 bits per heavy atom. The largest absolute Gasteiger partial charge is 0.497 e. The molecular weight excluding hydrogens is 353 g/mol. The van der Waals surface area contributed by atoms with E-state index in [4.69, 9.17) is 9.47 Å². The molecule has 0 radical (unpaired) electrons. The SMILES string of the molecule is COc1ccc(CNC(=O)Cn2cccc(C(F)(F)F)c2=O)c(OC)c1. The van der Waals surface area contributed by atoms with Crippen LogP contribution in [0.1, 0.15) is 11.1 Å². The molecule has 1 aromatic heterocycles. The minimum atomic E-state index is -4.77. The summed E-state index contributed by atoms with van der Waals surface area (Å²) >= 11 is 0. The van der Waals surface area contributed by atoms with Crippen molar-refractivity contribution in [1.82, 2.24) is 9.88 Å². The molecule has 140 valence electrons. The summed E-state index contributed by atoms with van der Waals surface area (Å²) in [5.41, 5.74) is -1.93. The monoisotopic (exact) mass is 370 g/mol.